The zero-order chi connectivity index (χ0) is 15.2. The Morgan fingerprint density at radius 3 is 2.00 bits per heavy atom. The van der Waals surface area contributed by atoms with Gasteiger partial charge in [-0.15, -0.1) is 0 Å². The van der Waals surface area contributed by atoms with Crippen LogP contribution in [0.3, 0.4) is 0 Å². The Labute approximate surface area is 125 Å². The zero-order valence-corrected chi connectivity index (χ0v) is 14.2. The molecule has 1 aromatic carbocycles. The van der Waals surface area contributed by atoms with Crippen LogP contribution in [0.1, 0.15) is 44.7 Å². The number of aryl methyl sites for hydroxylation is 1. The smallest absolute Gasteiger partial charge is 0.0354 e. The molecule has 114 valence electrons. The van der Waals surface area contributed by atoms with E-state index < -0.39 is 0 Å². The van der Waals surface area contributed by atoms with Gasteiger partial charge >= 0.3 is 0 Å². The minimum absolute atomic E-state index is 0.223. The fraction of sp³-hybridized carbons (Fsp3) is 0.667. The molecule has 1 N–H and O–H groups in total. The van der Waals surface area contributed by atoms with E-state index in [-0.39, 0.29) is 5.54 Å². The molecular formula is C18H32N2. The average molecular weight is 276 g/mol. The fourth-order valence-electron chi connectivity index (χ4n) is 3.35. The van der Waals surface area contributed by atoms with Gasteiger partial charge in [0.15, 0.2) is 0 Å². The van der Waals surface area contributed by atoms with Crippen LogP contribution in [0.5, 0.6) is 0 Å². The van der Waals surface area contributed by atoms with Gasteiger partial charge in [-0.3, -0.25) is 0 Å². The van der Waals surface area contributed by atoms with Crippen molar-refractivity contribution in [2.75, 3.05) is 20.6 Å². The summed E-state index contributed by atoms with van der Waals surface area (Å²) in [5.74, 6) is 0. The number of nitrogens with zero attached hydrogens (tertiary/aromatic N) is 1. The molecule has 1 rings (SSSR count). The van der Waals surface area contributed by atoms with Crippen molar-refractivity contribution in [3.8, 4) is 0 Å². The minimum Gasteiger partial charge on any atom is -0.312 e. The summed E-state index contributed by atoms with van der Waals surface area (Å²) >= 11 is 0. The lowest BCUT2D eigenvalue weighted by molar-refractivity contribution is 0.0889. The van der Waals surface area contributed by atoms with Gasteiger partial charge in [0, 0.05) is 11.6 Å². The maximum atomic E-state index is 3.73. The monoisotopic (exact) mass is 276 g/mol. The van der Waals surface area contributed by atoms with Gasteiger partial charge in [-0.25, -0.2) is 0 Å². The largest absolute Gasteiger partial charge is 0.312 e. The molecule has 1 aromatic rings. The molecule has 0 amide bonds. The van der Waals surface area contributed by atoms with Crippen LogP contribution in [0.2, 0.25) is 0 Å². The Kier molecular flexibility index (Phi) is 6.70. The molecule has 0 aliphatic rings. The predicted molar refractivity (Wildman–Crippen MR) is 89.3 cm³/mol. The van der Waals surface area contributed by atoms with E-state index in [4.69, 9.17) is 0 Å². The minimum atomic E-state index is 0.223. The molecule has 1 unspecified atom stereocenters. The molecule has 0 aliphatic heterocycles. The topological polar surface area (TPSA) is 15.3 Å². The van der Waals surface area contributed by atoms with Gasteiger partial charge in [0.05, 0.1) is 0 Å². The van der Waals surface area contributed by atoms with Crippen molar-refractivity contribution in [3.05, 3.63) is 35.4 Å². The van der Waals surface area contributed by atoms with Crippen LogP contribution in [0.25, 0.3) is 0 Å². The first-order valence-corrected chi connectivity index (χ1v) is 7.96. The van der Waals surface area contributed by atoms with Crippen LogP contribution in [0.15, 0.2) is 24.3 Å². The molecule has 1 atom stereocenters. The molecule has 20 heavy (non-hydrogen) atoms. The third-order valence-corrected chi connectivity index (χ3v) is 4.77. The van der Waals surface area contributed by atoms with Gasteiger partial charge < -0.3 is 10.2 Å². The fourth-order valence-corrected chi connectivity index (χ4v) is 3.35. The van der Waals surface area contributed by atoms with Gasteiger partial charge in [-0.2, -0.15) is 0 Å². The highest BCUT2D eigenvalue weighted by Crippen LogP contribution is 2.28. The van der Waals surface area contributed by atoms with E-state index in [1.165, 1.54) is 24.0 Å². The second-order valence-corrected chi connectivity index (χ2v) is 6.01. The van der Waals surface area contributed by atoms with Gasteiger partial charge in [0.1, 0.15) is 0 Å². The van der Waals surface area contributed by atoms with E-state index in [1.807, 2.05) is 0 Å². The van der Waals surface area contributed by atoms with Crippen LogP contribution < -0.4 is 5.32 Å². The normalized spacial score (nSPS) is 13.8. The molecule has 0 saturated carbocycles. The lowest BCUT2D eigenvalue weighted by Gasteiger charge is -2.45. The van der Waals surface area contributed by atoms with Gasteiger partial charge in [-0.05, 0) is 52.4 Å². The van der Waals surface area contributed by atoms with Gasteiger partial charge in [-0.1, -0.05) is 50.6 Å². The highest BCUT2D eigenvalue weighted by atomic mass is 15.2. The van der Waals surface area contributed by atoms with Crippen molar-refractivity contribution in [1.29, 1.82) is 0 Å². The Morgan fingerprint density at radius 1 is 1.05 bits per heavy atom. The first-order chi connectivity index (χ1) is 9.50. The van der Waals surface area contributed by atoms with Crippen LogP contribution in [-0.2, 0) is 6.42 Å². The standard InChI is InChI=1S/C18H32N2/c1-7-18(8-2,20(5)6)17(19-9-3)14-16-12-10-15(4)11-13-16/h10-13,17,19H,7-9,14H2,1-6H3. The molecule has 0 spiro atoms. The van der Waals surface area contributed by atoms with E-state index >= 15 is 0 Å². The summed E-state index contributed by atoms with van der Waals surface area (Å²) in [6.45, 7) is 9.99. The summed E-state index contributed by atoms with van der Waals surface area (Å²) < 4.78 is 0. The Bertz CT molecular complexity index is 377. The van der Waals surface area contributed by atoms with Crippen molar-refractivity contribution in [2.45, 2.75) is 58.5 Å². The number of hydrogen-bond acceptors (Lipinski definition) is 2. The summed E-state index contributed by atoms with van der Waals surface area (Å²) in [4.78, 5) is 2.41. The molecule has 0 saturated heterocycles. The summed E-state index contributed by atoms with van der Waals surface area (Å²) in [6, 6.07) is 9.46. The number of likely N-dealkylation sites (N-methyl/N-ethyl adjacent to an activating group) is 2. The molecule has 0 aromatic heterocycles. The zero-order valence-electron chi connectivity index (χ0n) is 14.2. The van der Waals surface area contributed by atoms with Crippen molar-refractivity contribution in [3.63, 3.8) is 0 Å². The number of rotatable bonds is 8. The molecule has 0 radical (unpaired) electrons. The molecule has 2 heteroatoms. The third-order valence-electron chi connectivity index (χ3n) is 4.77. The Balaban J connectivity index is 2.99. The predicted octanol–water partition coefficient (Wildman–Crippen LogP) is 3.64. The maximum Gasteiger partial charge on any atom is 0.0354 e. The second-order valence-electron chi connectivity index (χ2n) is 6.01. The van der Waals surface area contributed by atoms with Crippen molar-refractivity contribution in [1.82, 2.24) is 10.2 Å². The van der Waals surface area contributed by atoms with Crippen molar-refractivity contribution in [2.24, 2.45) is 0 Å². The van der Waals surface area contributed by atoms with Gasteiger partial charge in [0.25, 0.3) is 0 Å². The number of hydrogen-bond donors (Lipinski definition) is 1. The highest BCUT2D eigenvalue weighted by molar-refractivity contribution is 5.23. The van der Waals surface area contributed by atoms with Crippen LogP contribution >= 0.6 is 0 Å². The van der Waals surface area contributed by atoms with Crippen LogP contribution in [-0.4, -0.2) is 37.1 Å². The summed E-state index contributed by atoms with van der Waals surface area (Å²) in [5.41, 5.74) is 2.98. The quantitative estimate of drug-likeness (QED) is 0.780. The lowest BCUT2D eigenvalue weighted by Crippen LogP contribution is -2.59. The summed E-state index contributed by atoms with van der Waals surface area (Å²) in [6.07, 6.45) is 3.42. The van der Waals surface area contributed by atoms with Crippen LogP contribution in [0.4, 0.5) is 0 Å². The molecule has 0 bridgehead atoms. The highest BCUT2D eigenvalue weighted by Gasteiger charge is 2.37. The number of nitrogens with one attached hydrogen (secondary N) is 1. The van der Waals surface area contributed by atoms with E-state index in [0.29, 0.717) is 6.04 Å². The average Bonchev–Trinajstić information content (AvgIpc) is 2.43. The molecule has 2 nitrogen and oxygen atoms in total. The maximum absolute atomic E-state index is 3.73. The summed E-state index contributed by atoms with van der Waals surface area (Å²) in [7, 11) is 4.43. The van der Waals surface area contributed by atoms with Gasteiger partial charge in [0.2, 0.25) is 0 Å². The van der Waals surface area contributed by atoms with Crippen LogP contribution in [0, 0.1) is 6.92 Å². The SMILES string of the molecule is CCNC(Cc1ccc(C)cc1)C(CC)(CC)N(C)C. The van der Waals surface area contributed by atoms with E-state index in [2.05, 4.69) is 76.3 Å². The summed E-state index contributed by atoms with van der Waals surface area (Å²) in [5, 5.41) is 3.73. The first-order valence-electron chi connectivity index (χ1n) is 7.96. The van der Waals surface area contributed by atoms with Crippen molar-refractivity contribution < 1.29 is 0 Å². The molecule has 0 aliphatic carbocycles. The second kappa shape index (κ2) is 7.80. The Hall–Kier alpha value is -0.860. The molecule has 0 heterocycles. The third kappa shape index (κ3) is 3.83. The van der Waals surface area contributed by atoms with E-state index in [9.17, 15) is 0 Å². The van der Waals surface area contributed by atoms with E-state index in [0.717, 1.165) is 13.0 Å². The number of benzene rings is 1. The molecule has 0 fully saturated rings. The Morgan fingerprint density at radius 2 is 1.60 bits per heavy atom. The van der Waals surface area contributed by atoms with Crippen molar-refractivity contribution >= 4 is 0 Å². The first kappa shape index (κ1) is 17.2. The van der Waals surface area contributed by atoms with E-state index in [1.54, 1.807) is 0 Å². The lowest BCUT2D eigenvalue weighted by atomic mass is 9.80. The molecular weight excluding hydrogens is 244 g/mol.